The zero-order chi connectivity index (χ0) is 10.8. The van der Waals surface area contributed by atoms with Crippen molar-refractivity contribution in [1.82, 2.24) is 0 Å². The molecule has 0 radical (unpaired) electrons. The quantitative estimate of drug-likeness (QED) is 0.784. The van der Waals surface area contributed by atoms with Crippen LogP contribution in [0.3, 0.4) is 0 Å². The predicted molar refractivity (Wildman–Crippen MR) is 60.1 cm³/mol. The van der Waals surface area contributed by atoms with Crippen LogP contribution in [0.5, 0.6) is 5.75 Å². The van der Waals surface area contributed by atoms with E-state index in [1.165, 1.54) is 0 Å². The summed E-state index contributed by atoms with van der Waals surface area (Å²) < 4.78 is 10.7. The minimum atomic E-state index is 0.537. The summed E-state index contributed by atoms with van der Waals surface area (Å²) in [7, 11) is 1.58. The number of alkyl halides is 1. The third kappa shape index (κ3) is 1.71. The van der Waals surface area contributed by atoms with E-state index in [2.05, 4.69) is 22.0 Å². The number of hydrogen-bond acceptors (Lipinski definition) is 3. The lowest BCUT2D eigenvalue weighted by molar-refractivity contribution is 0.419. The fourth-order valence-corrected chi connectivity index (χ4v) is 1.74. The fraction of sp³-hybridized carbons (Fsp3) is 0.182. The Kier molecular flexibility index (Phi) is 2.65. The highest BCUT2D eigenvalue weighted by molar-refractivity contribution is 9.08. The highest BCUT2D eigenvalue weighted by Crippen LogP contribution is 2.30. The molecule has 0 unspecified atom stereocenters. The first kappa shape index (κ1) is 10.1. The summed E-state index contributed by atoms with van der Waals surface area (Å²) in [6.45, 7) is 0. The topological polar surface area (TPSA) is 46.2 Å². The fourth-order valence-electron chi connectivity index (χ4n) is 1.46. The number of hydrogen-bond donors (Lipinski definition) is 0. The van der Waals surface area contributed by atoms with Crippen LogP contribution in [0.1, 0.15) is 11.3 Å². The monoisotopic (exact) mass is 265 g/mol. The van der Waals surface area contributed by atoms with E-state index in [9.17, 15) is 0 Å². The molecule has 2 aromatic rings. The Balaban J connectivity index is 2.73. The molecule has 1 heterocycles. The van der Waals surface area contributed by atoms with Crippen LogP contribution in [0.2, 0.25) is 0 Å². The second-order valence-corrected chi connectivity index (χ2v) is 3.61. The molecule has 0 amide bonds. The summed E-state index contributed by atoms with van der Waals surface area (Å²) in [6, 6.07) is 7.39. The smallest absolute Gasteiger partial charge is 0.139 e. The van der Waals surface area contributed by atoms with Crippen LogP contribution < -0.4 is 4.74 Å². The van der Waals surface area contributed by atoms with E-state index in [-0.39, 0.29) is 0 Å². The van der Waals surface area contributed by atoms with Crippen LogP contribution in [0, 0.1) is 11.3 Å². The van der Waals surface area contributed by atoms with Gasteiger partial charge in [-0.25, -0.2) is 0 Å². The Morgan fingerprint density at radius 2 is 2.27 bits per heavy atom. The molecule has 0 atom stereocenters. The predicted octanol–water partition coefficient (Wildman–Crippen LogP) is 3.21. The third-order valence-corrected chi connectivity index (χ3v) is 2.68. The van der Waals surface area contributed by atoms with E-state index in [0.29, 0.717) is 22.2 Å². The van der Waals surface area contributed by atoms with Gasteiger partial charge >= 0.3 is 0 Å². The van der Waals surface area contributed by atoms with E-state index < -0.39 is 0 Å². The number of benzene rings is 1. The number of rotatable bonds is 2. The molecule has 2 rings (SSSR count). The number of fused-ring (bicyclic) bond motifs is 1. The largest absolute Gasteiger partial charge is 0.496 e. The maximum Gasteiger partial charge on any atom is 0.139 e. The van der Waals surface area contributed by atoms with Crippen LogP contribution in [0.15, 0.2) is 22.6 Å². The van der Waals surface area contributed by atoms with Crippen LogP contribution in [0.4, 0.5) is 0 Å². The summed E-state index contributed by atoms with van der Waals surface area (Å²) in [5.74, 6) is 1.48. The lowest BCUT2D eigenvalue weighted by Gasteiger charge is -2.00. The standard InChI is InChI=1S/C11H8BrNO2/c1-14-10-2-7(6-13)3-11-9(10)4-8(5-12)15-11/h2-4H,5H2,1H3. The van der Waals surface area contributed by atoms with Crippen molar-refractivity contribution in [1.29, 1.82) is 5.26 Å². The Hall–Kier alpha value is -1.47. The minimum absolute atomic E-state index is 0.537. The molecule has 15 heavy (non-hydrogen) atoms. The van der Waals surface area contributed by atoms with Gasteiger partial charge in [-0.15, -0.1) is 0 Å². The molecule has 76 valence electrons. The second kappa shape index (κ2) is 3.95. The molecule has 0 bridgehead atoms. The molecule has 1 aromatic carbocycles. The number of methoxy groups -OCH3 is 1. The number of ether oxygens (including phenoxy) is 1. The van der Waals surface area contributed by atoms with Gasteiger partial charge in [0.15, 0.2) is 0 Å². The minimum Gasteiger partial charge on any atom is -0.496 e. The Bertz CT molecular complexity index is 539. The molecule has 0 aliphatic heterocycles. The van der Waals surface area contributed by atoms with Gasteiger partial charge in [0, 0.05) is 0 Å². The molecule has 0 spiro atoms. The Morgan fingerprint density at radius 3 is 2.87 bits per heavy atom. The Morgan fingerprint density at radius 1 is 1.47 bits per heavy atom. The SMILES string of the molecule is COc1cc(C#N)cc2oc(CBr)cc12. The van der Waals surface area contributed by atoms with Crippen molar-refractivity contribution in [2.75, 3.05) is 7.11 Å². The molecule has 0 N–H and O–H groups in total. The molecule has 0 saturated carbocycles. The number of nitriles is 1. The van der Waals surface area contributed by atoms with Gasteiger partial charge in [0.05, 0.1) is 29.5 Å². The van der Waals surface area contributed by atoms with Gasteiger partial charge in [0.2, 0.25) is 0 Å². The summed E-state index contributed by atoms with van der Waals surface area (Å²) in [5, 5.41) is 10.4. The van der Waals surface area contributed by atoms with Crippen molar-refractivity contribution in [3.05, 3.63) is 29.5 Å². The molecule has 1 aromatic heterocycles. The molecule has 0 fully saturated rings. The van der Waals surface area contributed by atoms with E-state index in [1.54, 1.807) is 19.2 Å². The molecular weight excluding hydrogens is 258 g/mol. The van der Waals surface area contributed by atoms with Crippen molar-refractivity contribution in [3.8, 4) is 11.8 Å². The second-order valence-electron chi connectivity index (χ2n) is 3.05. The lowest BCUT2D eigenvalue weighted by Crippen LogP contribution is -1.84. The van der Waals surface area contributed by atoms with Gasteiger partial charge in [-0.05, 0) is 18.2 Å². The molecule has 4 heteroatoms. The average Bonchev–Trinajstić information content (AvgIpc) is 2.70. The van der Waals surface area contributed by atoms with Crippen LogP contribution in [0.25, 0.3) is 11.0 Å². The molecular formula is C11H8BrNO2. The summed E-state index contributed by atoms with van der Waals surface area (Å²) in [4.78, 5) is 0. The number of furan rings is 1. The van der Waals surface area contributed by atoms with Gasteiger partial charge in [-0.1, -0.05) is 15.9 Å². The third-order valence-electron chi connectivity index (χ3n) is 2.13. The number of halogens is 1. The molecule has 3 nitrogen and oxygen atoms in total. The molecule has 0 aliphatic carbocycles. The lowest BCUT2D eigenvalue weighted by atomic mass is 10.1. The van der Waals surface area contributed by atoms with E-state index in [4.69, 9.17) is 14.4 Å². The van der Waals surface area contributed by atoms with Crippen molar-refractivity contribution >= 4 is 26.9 Å². The first-order chi connectivity index (χ1) is 7.28. The van der Waals surface area contributed by atoms with E-state index in [1.807, 2.05) is 6.07 Å². The van der Waals surface area contributed by atoms with Crippen LogP contribution >= 0.6 is 15.9 Å². The molecule has 0 saturated heterocycles. The Labute approximate surface area is 95.4 Å². The van der Waals surface area contributed by atoms with Crippen molar-refractivity contribution in [2.45, 2.75) is 5.33 Å². The van der Waals surface area contributed by atoms with Crippen LogP contribution in [-0.4, -0.2) is 7.11 Å². The first-order valence-corrected chi connectivity index (χ1v) is 5.47. The summed E-state index contributed by atoms with van der Waals surface area (Å²) >= 11 is 3.32. The van der Waals surface area contributed by atoms with Gasteiger partial charge in [0.1, 0.15) is 17.1 Å². The average molecular weight is 266 g/mol. The van der Waals surface area contributed by atoms with Crippen molar-refractivity contribution < 1.29 is 9.15 Å². The number of nitrogens with zero attached hydrogens (tertiary/aromatic N) is 1. The van der Waals surface area contributed by atoms with Crippen LogP contribution in [-0.2, 0) is 5.33 Å². The van der Waals surface area contributed by atoms with Gasteiger partial charge in [0.25, 0.3) is 0 Å². The summed E-state index contributed by atoms with van der Waals surface area (Å²) in [5.41, 5.74) is 1.22. The van der Waals surface area contributed by atoms with Gasteiger partial charge in [-0.3, -0.25) is 0 Å². The highest BCUT2D eigenvalue weighted by Gasteiger charge is 2.09. The first-order valence-electron chi connectivity index (χ1n) is 4.35. The highest BCUT2D eigenvalue weighted by atomic mass is 79.9. The maximum atomic E-state index is 8.82. The zero-order valence-electron chi connectivity index (χ0n) is 8.08. The maximum absolute atomic E-state index is 8.82. The van der Waals surface area contributed by atoms with Gasteiger partial charge in [-0.2, -0.15) is 5.26 Å². The van der Waals surface area contributed by atoms with Crippen molar-refractivity contribution in [2.24, 2.45) is 0 Å². The molecule has 0 aliphatic rings. The van der Waals surface area contributed by atoms with E-state index in [0.717, 1.165) is 11.1 Å². The van der Waals surface area contributed by atoms with Gasteiger partial charge < -0.3 is 9.15 Å². The van der Waals surface area contributed by atoms with Crippen molar-refractivity contribution in [3.63, 3.8) is 0 Å². The van der Waals surface area contributed by atoms with E-state index >= 15 is 0 Å². The summed E-state index contributed by atoms with van der Waals surface area (Å²) in [6.07, 6.45) is 0. The normalized spacial score (nSPS) is 10.2. The zero-order valence-corrected chi connectivity index (χ0v) is 9.67.